The third-order valence-corrected chi connectivity index (χ3v) is 2.71. The molecule has 102 valence electrons. The number of imidazole rings is 1. The van der Waals surface area contributed by atoms with Crippen LogP contribution in [-0.2, 0) is 7.05 Å². The highest BCUT2D eigenvalue weighted by Crippen LogP contribution is 2.14. The molecule has 0 atom stereocenters. The van der Waals surface area contributed by atoms with Crippen molar-refractivity contribution in [2.75, 3.05) is 0 Å². The predicted molar refractivity (Wildman–Crippen MR) is 69.6 cm³/mol. The van der Waals surface area contributed by atoms with Gasteiger partial charge in [-0.15, -0.1) is 0 Å². The van der Waals surface area contributed by atoms with Crippen LogP contribution in [0, 0.1) is 10.1 Å². The largest absolute Gasteiger partial charge is 0.340 e. The van der Waals surface area contributed by atoms with Gasteiger partial charge in [-0.05, 0) is 12.1 Å². The summed E-state index contributed by atoms with van der Waals surface area (Å²) in [6.45, 7) is 0. The van der Waals surface area contributed by atoms with Gasteiger partial charge in [-0.2, -0.15) is 0 Å². The van der Waals surface area contributed by atoms with E-state index >= 15 is 0 Å². The van der Waals surface area contributed by atoms with Crippen LogP contribution in [0.2, 0.25) is 0 Å². The molecule has 2 rings (SSSR count). The van der Waals surface area contributed by atoms with Crippen LogP contribution in [0.4, 0.5) is 5.69 Å². The van der Waals surface area contributed by atoms with Crippen molar-refractivity contribution in [1.29, 1.82) is 0 Å². The van der Waals surface area contributed by atoms with E-state index < -0.39 is 10.7 Å². The number of hydrogen-bond acceptors (Lipinski definition) is 5. The molecule has 7 nitrogen and oxygen atoms in total. The highest BCUT2D eigenvalue weighted by Gasteiger charge is 2.16. The first-order valence-electron chi connectivity index (χ1n) is 5.76. The van der Waals surface area contributed by atoms with Crippen LogP contribution in [0.3, 0.4) is 0 Å². The Bertz CT molecular complexity index is 673. The molecule has 1 aromatic carbocycles. The van der Waals surface area contributed by atoms with E-state index in [2.05, 4.69) is 4.98 Å². The lowest BCUT2D eigenvalue weighted by atomic mass is 10.0. The maximum absolute atomic E-state index is 11.9. The molecule has 0 fully saturated rings. The van der Waals surface area contributed by atoms with Gasteiger partial charge in [-0.3, -0.25) is 19.7 Å². The molecule has 0 aliphatic carbocycles. The fraction of sp³-hybridized carbons (Fsp3) is 0.154. The number of aromatic nitrogens is 2. The van der Waals surface area contributed by atoms with Gasteiger partial charge in [-0.1, -0.05) is 0 Å². The number of Topliss-reactive ketones (excluding diaryl/α,β-unsaturated/α-hetero) is 2. The van der Waals surface area contributed by atoms with E-state index in [1.54, 1.807) is 11.6 Å². The summed E-state index contributed by atoms with van der Waals surface area (Å²) < 4.78 is 1.61. The first-order chi connectivity index (χ1) is 9.47. The molecule has 0 saturated carbocycles. The molecule has 2 aromatic rings. The summed E-state index contributed by atoms with van der Waals surface area (Å²) in [7, 11) is 1.72. The molecular weight excluding hydrogens is 262 g/mol. The van der Waals surface area contributed by atoms with Gasteiger partial charge in [0.05, 0.1) is 17.7 Å². The van der Waals surface area contributed by atoms with Crippen LogP contribution in [0.5, 0.6) is 0 Å². The Balaban J connectivity index is 2.08. The summed E-state index contributed by atoms with van der Waals surface area (Å²) in [6, 6.07) is 5.15. The van der Waals surface area contributed by atoms with E-state index in [9.17, 15) is 19.7 Å². The lowest BCUT2D eigenvalue weighted by Crippen LogP contribution is -2.09. The average Bonchev–Trinajstić information content (AvgIpc) is 2.85. The number of nitro benzene ring substituents is 1. The molecule has 0 aliphatic rings. The second-order valence-corrected chi connectivity index (χ2v) is 4.25. The Morgan fingerprint density at radius 1 is 1.25 bits per heavy atom. The number of nitro groups is 1. The maximum Gasteiger partial charge on any atom is 0.269 e. The van der Waals surface area contributed by atoms with Crippen molar-refractivity contribution in [2.24, 2.45) is 7.05 Å². The molecule has 20 heavy (non-hydrogen) atoms. The minimum atomic E-state index is -0.548. The molecule has 0 bridgehead atoms. The van der Waals surface area contributed by atoms with Crippen molar-refractivity contribution in [2.45, 2.75) is 6.42 Å². The Hall–Kier alpha value is -2.83. The minimum Gasteiger partial charge on any atom is -0.340 e. The normalized spacial score (nSPS) is 10.2. The molecule has 1 aromatic heterocycles. The molecule has 0 radical (unpaired) electrons. The van der Waals surface area contributed by atoms with Crippen LogP contribution in [0.1, 0.15) is 27.3 Å². The Morgan fingerprint density at radius 3 is 2.40 bits per heavy atom. The molecule has 0 unspecified atom stereocenters. The van der Waals surface area contributed by atoms with E-state index in [-0.39, 0.29) is 29.1 Å². The van der Waals surface area contributed by atoms with Crippen molar-refractivity contribution in [1.82, 2.24) is 9.55 Å². The van der Waals surface area contributed by atoms with E-state index in [1.165, 1.54) is 36.8 Å². The number of hydrogen-bond donors (Lipinski definition) is 0. The summed E-state index contributed by atoms with van der Waals surface area (Å²) in [5.41, 5.74) is 0.389. The number of nitrogens with zero attached hydrogens (tertiary/aromatic N) is 3. The zero-order chi connectivity index (χ0) is 14.7. The minimum absolute atomic E-state index is 0.0994. The summed E-state index contributed by atoms with van der Waals surface area (Å²) in [6.07, 6.45) is 2.70. The monoisotopic (exact) mass is 273 g/mol. The molecule has 7 heteroatoms. The van der Waals surface area contributed by atoms with Gasteiger partial charge in [0.15, 0.2) is 11.6 Å². The first-order valence-corrected chi connectivity index (χ1v) is 5.76. The Morgan fingerprint density at radius 2 is 1.90 bits per heavy atom. The lowest BCUT2D eigenvalue weighted by Gasteiger charge is -1.99. The topological polar surface area (TPSA) is 95.1 Å². The van der Waals surface area contributed by atoms with Crippen LogP contribution in [0.25, 0.3) is 0 Å². The van der Waals surface area contributed by atoms with Gasteiger partial charge >= 0.3 is 0 Å². The first kappa shape index (κ1) is 13.6. The molecule has 0 amide bonds. The van der Waals surface area contributed by atoms with Crippen molar-refractivity contribution >= 4 is 17.3 Å². The predicted octanol–water partition coefficient (Wildman–Crippen LogP) is 1.78. The Kier molecular flexibility index (Phi) is 3.69. The van der Waals surface area contributed by atoms with Crippen molar-refractivity contribution in [3.8, 4) is 0 Å². The van der Waals surface area contributed by atoms with E-state index in [4.69, 9.17) is 0 Å². The molecule has 0 N–H and O–H groups in total. The maximum atomic E-state index is 11.9. The standard InChI is InChI=1S/C13H11N3O4/c1-15-7-11(14-8-15)13(18)6-12(17)9-2-4-10(5-3-9)16(19)20/h2-5,7-8H,6H2,1H3. The number of carbonyl (C=O) groups is 2. The number of non-ortho nitro benzene ring substituents is 1. The number of ketones is 2. The average molecular weight is 273 g/mol. The highest BCUT2D eigenvalue weighted by atomic mass is 16.6. The van der Waals surface area contributed by atoms with Gasteiger partial charge in [0.2, 0.25) is 0 Å². The molecule has 1 heterocycles. The van der Waals surface area contributed by atoms with Crippen LogP contribution >= 0.6 is 0 Å². The third-order valence-electron chi connectivity index (χ3n) is 2.71. The van der Waals surface area contributed by atoms with Gasteiger partial charge in [0.1, 0.15) is 5.69 Å². The number of benzene rings is 1. The second-order valence-electron chi connectivity index (χ2n) is 4.25. The second kappa shape index (κ2) is 5.43. The number of rotatable bonds is 5. The fourth-order valence-electron chi connectivity index (χ4n) is 1.66. The Labute approximate surface area is 114 Å². The summed E-state index contributed by atoms with van der Waals surface area (Å²) in [5.74, 6) is -0.774. The number of aryl methyl sites for hydroxylation is 1. The van der Waals surface area contributed by atoms with E-state index in [0.717, 1.165) is 0 Å². The SMILES string of the molecule is Cn1cnc(C(=O)CC(=O)c2ccc([N+](=O)[O-])cc2)c1. The quantitative estimate of drug-likeness (QED) is 0.358. The van der Waals surface area contributed by atoms with E-state index in [0.29, 0.717) is 0 Å². The molecule has 0 saturated heterocycles. The van der Waals surface area contributed by atoms with Crippen LogP contribution in [-0.4, -0.2) is 26.0 Å². The highest BCUT2D eigenvalue weighted by molar-refractivity contribution is 6.12. The molecule has 0 aliphatic heterocycles. The van der Waals surface area contributed by atoms with Gasteiger partial charge < -0.3 is 4.57 Å². The zero-order valence-corrected chi connectivity index (χ0v) is 10.6. The van der Waals surface area contributed by atoms with Gasteiger partial charge in [-0.25, -0.2) is 4.98 Å². The van der Waals surface area contributed by atoms with Crippen molar-refractivity contribution < 1.29 is 14.5 Å². The van der Waals surface area contributed by atoms with Gasteiger partial charge in [0, 0.05) is 30.9 Å². The third kappa shape index (κ3) is 2.94. The van der Waals surface area contributed by atoms with Crippen LogP contribution < -0.4 is 0 Å². The summed E-state index contributed by atoms with van der Waals surface area (Å²) in [4.78, 5) is 37.5. The zero-order valence-electron chi connectivity index (χ0n) is 10.6. The number of carbonyl (C=O) groups excluding carboxylic acids is 2. The van der Waals surface area contributed by atoms with Crippen molar-refractivity contribution in [3.63, 3.8) is 0 Å². The molecular formula is C13H11N3O4. The van der Waals surface area contributed by atoms with Crippen LogP contribution in [0.15, 0.2) is 36.8 Å². The summed E-state index contributed by atoms with van der Waals surface area (Å²) >= 11 is 0. The molecule has 0 spiro atoms. The smallest absolute Gasteiger partial charge is 0.269 e. The lowest BCUT2D eigenvalue weighted by molar-refractivity contribution is -0.384. The van der Waals surface area contributed by atoms with Crippen molar-refractivity contribution in [3.05, 3.63) is 58.2 Å². The van der Waals surface area contributed by atoms with Gasteiger partial charge in [0.25, 0.3) is 5.69 Å². The fourth-order valence-corrected chi connectivity index (χ4v) is 1.66. The summed E-state index contributed by atoms with van der Waals surface area (Å²) in [5, 5.41) is 10.5. The van der Waals surface area contributed by atoms with E-state index in [1.807, 2.05) is 0 Å².